The first kappa shape index (κ1) is 15.2. The third-order valence-electron chi connectivity index (χ3n) is 2.39. The molecule has 0 fully saturated rings. The quantitative estimate of drug-likeness (QED) is 0.466. The number of alkyl halides is 3. The lowest BCUT2D eigenvalue weighted by atomic mass is 10.1. The van der Waals surface area contributed by atoms with Crippen molar-refractivity contribution < 1.29 is 22.7 Å². The molecule has 0 aliphatic heterocycles. The van der Waals surface area contributed by atoms with Gasteiger partial charge in [0.05, 0.1) is 5.69 Å². The molecule has 3 nitrogen and oxygen atoms in total. The highest BCUT2D eigenvalue weighted by Gasteiger charge is 2.40. The van der Waals surface area contributed by atoms with Gasteiger partial charge in [0, 0.05) is 6.42 Å². The summed E-state index contributed by atoms with van der Waals surface area (Å²) in [7, 11) is 0. The SMILES string of the molecule is CCC(=O)OC(=Nc1c(C)cccc1C)C(F)(F)F. The molecule has 6 heteroatoms. The average molecular weight is 273 g/mol. The number of benzene rings is 1. The molecule has 0 saturated carbocycles. The molecule has 19 heavy (non-hydrogen) atoms. The molecule has 0 radical (unpaired) electrons. The predicted octanol–water partition coefficient (Wildman–Crippen LogP) is 3.85. The van der Waals surface area contributed by atoms with Crippen LogP contribution in [-0.4, -0.2) is 18.0 Å². The third kappa shape index (κ3) is 4.08. The molecule has 0 aliphatic rings. The van der Waals surface area contributed by atoms with Gasteiger partial charge in [-0.3, -0.25) is 4.79 Å². The number of esters is 1. The summed E-state index contributed by atoms with van der Waals surface area (Å²) >= 11 is 0. The maximum absolute atomic E-state index is 12.8. The molecule has 0 amide bonds. The van der Waals surface area contributed by atoms with E-state index in [1.165, 1.54) is 6.92 Å². The van der Waals surface area contributed by atoms with Gasteiger partial charge in [-0.05, 0) is 25.0 Å². The largest absolute Gasteiger partial charge is 0.469 e. The maximum atomic E-state index is 12.8. The van der Waals surface area contributed by atoms with Gasteiger partial charge in [-0.25, -0.2) is 4.99 Å². The molecule has 0 aromatic heterocycles. The molecular formula is C13H14F3NO2. The van der Waals surface area contributed by atoms with Gasteiger partial charge in [-0.2, -0.15) is 13.2 Å². The smallest absolute Gasteiger partial charge is 0.402 e. The van der Waals surface area contributed by atoms with E-state index in [1.807, 2.05) is 0 Å². The Labute approximate surface area is 109 Å². The summed E-state index contributed by atoms with van der Waals surface area (Å²) in [5.74, 6) is -2.50. The molecular weight excluding hydrogens is 259 g/mol. The number of halogens is 3. The average Bonchev–Trinajstić information content (AvgIpc) is 2.30. The van der Waals surface area contributed by atoms with Gasteiger partial charge < -0.3 is 4.74 Å². The summed E-state index contributed by atoms with van der Waals surface area (Å²) < 4.78 is 42.5. The van der Waals surface area contributed by atoms with E-state index < -0.39 is 18.0 Å². The molecule has 0 spiro atoms. The Morgan fingerprint density at radius 1 is 1.26 bits per heavy atom. The van der Waals surface area contributed by atoms with Gasteiger partial charge in [0.2, 0.25) is 0 Å². The summed E-state index contributed by atoms with van der Waals surface area (Å²) in [6, 6.07) is 5.00. The fraction of sp³-hybridized carbons (Fsp3) is 0.385. The highest BCUT2D eigenvalue weighted by Crippen LogP contribution is 2.27. The van der Waals surface area contributed by atoms with Crippen LogP contribution < -0.4 is 0 Å². The number of carbonyl (C=O) groups excluding carboxylic acids is 1. The van der Waals surface area contributed by atoms with Crippen molar-refractivity contribution in [2.24, 2.45) is 4.99 Å². The van der Waals surface area contributed by atoms with E-state index in [4.69, 9.17) is 0 Å². The topological polar surface area (TPSA) is 38.7 Å². The first-order chi connectivity index (χ1) is 8.75. The van der Waals surface area contributed by atoms with Crippen LogP contribution in [0.25, 0.3) is 0 Å². The minimum atomic E-state index is -4.81. The van der Waals surface area contributed by atoms with Crippen LogP contribution in [-0.2, 0) is 9.53 Å². The van der Waals surface area contributed by atoms with Crippen molar-refractivity contribution in [2.75, 3.05) is 0 Å². The van der Waals surface area contributed by atoms with Crippen LogP contribution in [0.15, 0.2) is 23.2 Å². The van der Waals surface area contributed by atoms with E-state index >= 15 is 0 Å². The zero-order chi connectivity index (χ0) is 14.6. The number of aryl methyl sites for hydroxylation is 2. The van der Waals surface area contributed by atoms with Crippen LogP contribution in [0.3, 0.4) is 0 Å². The minimum absolute atomic E-state index is 0.151. The molecule has 1 aromatic rings. The van der Waals surface area contributed by atoms with Gasteiger partial charge in [-0.1, -0.05) is 25.1 Å². The van der Waals surface area contributed by atoms with Crippen molar-refractivity contribution in [1.29, 1.82) is 0 Å². The monoisotopic (exact) mass is 273 g/mol. The maximum Gasteiger partial charge on any atom is 0.469 e. The Morgan fingerprint density at radius 2 is 1.79 bits per heavy atom. The van der Waals surface area contributed by atoms with Gasteiger partial charge >= 0.3 is 18.0 Å². The van der Waals surface area contributed by atoms with Crippen molar-refractivity contribution in [1.82, 2.24) is 0 Å². The zero-order valence-electron chi connectivity index (χ0n) is 10.8. The number of rotatable bonds is 2. The van der Waals surface area contributed by atoms with Crippen molar-refractivity contribution in [3.8, 4) is 0 Å². The van der Waals surface area contributed by atoms with Gasteiger partial charge in [-0.15, -0.1) is 0 Å². The number of para-hydroxylation sites is 1. The molecule has 0 aliphatic carbocycles. The molecule has 0 saturated heterocycles. The lowest BCUT2D eigenvalue weighted by Gasteiger charge is -2.12. The Kier molecular flexibility index (Phi) is 4.69. The van der Waals surface area contributed by atoms with E-state index in [1.54, 1.807) is 32.0 Å². The summed E-state index contributed by atoms with van der Waals surface area (Å²) in [5.41, 5.74) is 1.32. The molecule has 104 valence electrons. The minimum Gasteiger partial charge on any atom is -0.402 e. The molecule has 0 bridgehead atoms. The molecule has 1 aromatic carbocycles. The van der Waals surface area contributed by atoms with Crippen LogP contribution in [0.1, 0.15) is 24.5 Å². The first-order valence-electron chi connectivity index (χ1n) is 5.68. The Balaban J connectivity index is 3.24. The highest BCUT2D eigenvalue weighted by atomic mass is 19.4. The van der Waals surface area contributed by atoms with Gasteiger partial charge in [0.25, 0.3) is 0 Å². The van der Waals surface area contributed by atoms with Crippen LogP contribution in [0.5, 0.6) is 0 Å². The predicted molar refractivity (Wildman–Crippen MR) is 65.4 cm³/mol. The molecule has 1 rings (SSSR count). The van der Waals surface area contributed by atoms with Crippen LogP contribution >= 0.6 is 0 Å². The van der Waals surface area contributed by atoms with Crippen molar-refractivity contribution in [2.45, 2.75) is 33.4 Å². The van der Waals surface area contributed by atoms with E-state index in [2.05, 4.69) is 9.73 Å². The summed E-state index contributed by atoms with van der Waals surface area (Å²) in [6.45, 7) is 4.69. The fourth-order valence-electron chi connectivity index (χ4n) is 1.41. The number of hydrogen-bond donors (Lipinski definition) is 0. The van der Waals surface area contributed by atoms with Gasteiger partial charge in [0.1, 0.15) is 0 Å². The summed E-state index contributed by atoms with van der Waals surface area (Å²) in [6.07, 6.45) is -4.96. The zero-order valence-corrected chi connectivity index (χ0v) is 10.8. The number of carbonyl (C=O) groups is 1. The Hall–Kier alpha value is -1.85. The fourth-order valence-corrected chi connectivity index (χ4v) is 1.41. The van der Waals surface area contributed by atoms with E-state index in [0.717, 1.165) is 0 Å². The normalized spacial score (nSPS) is 12.4. The third-order valence-corrected chi connectivity index (χ3v) is 2.39. The van der Waals surface area contributed by atoms with E-state index in [0.29, 0.717) is 11.1 Å². The van der Waals surface area contributed by atoms with Crippen LogP contribution in [0, 0.1) is 13.8 Å². The van der Waals surface area contributed by atoms with Crippen molar-refractivity contribution >= 4 is 17.6 Å². The van der Waals surface area contributed by atoms with Crippen LogP contribution in [0.2, 0.25) is 0 Å². The number of hydrogen-bond acceptors (Lipinski definition) is 3. The molecule has 0 heterocycles. The lowest BCUT2D eigenvalue weighted by molar-refractivity contribution is -0.141. The Bertz CT molecular complexity index is 487. The molecule has 0 unspecified atom stereocenters. The van der Waals surface area contributed by atoms with Gasteiger partial charge in [0.15, 0.2) is 0 Å². The second-order valence-corrected chi connectivity index (χ2v) is 3.98. The summed E-state index contributed by atoms with van der Waals surface area (Å²) in [4.78, 5) is 14.5. The van der Waals surface area contributed by atoms with Crippen LogP contribution in [0.4, 0.5) is 18.9 Å². The molecule has 0 atom stereocenters. The summed E-state index contributed by atoms with van der Waals surface area (Å²) in [5, 5.41) is 0. The standard InChI is InChI=1S/C13H14F3NO2/c1-4-10(18)19-12(13(14,15)16)17-11-8(2)6-5-7-9(11)3/h5-7H,4H2,1-3H3. The lowest BCUT2D eigenvalue weighted by Crippen LogP contribution is -2.28. The number of ether oxygens (including phenoxy) is 1. The molecule has 0 N–H and O–H groups in total. The second kappa shape index (κ2) is 5.86. The van der Waals surface area contributed by atoms with Crippen molar-refractivity contribution in [3.05, 3.63) is 29.3 Å². The van der Waals surface area contributed by atoms with E-state index in [-0.39, 0.29) is 12.1 Å². The van der Waals surface area contributed by atoms with E-state index in [9.17, 15) is 18.0 Å². The second-order valence-electron chi connectivity index (χ2n) is 3.98. The number of aliphatic imine (C=N–C) groups is 1. The first-order valence-corrected chi connectivity index (χ1v) is 5.68. The van der Waals surface area contributed by atoms with Crippen molar-refractivity contribution in [3.63, 3.8) is 0 Å². The highest BCUT2D eigenvalue weighted by molar-refractivity contribution is 5.93. The number of nitrogens with zero attached hydrogens (tertiary/aromatic N) is 1. The Morgan fingerprint density at radius 3 is 2.21 bits per heavy atom.